The summed E-state index contributed by atoms with van der Waals surface area (Å²) in [5, 5.41) is 14.1. The van der Waals surface area contributed by atoms with Crippen LogP contribution in [0, 0.1) is 17.0 Å². The number of hydrogen-bond acceptors (Lipinski definition) is 3. The Morgan fingerprint density at radius 1 is 1.16 bits per heavy atom. The largest absolute Gasteiger partial charge is 0.378 e. The molecular formula is C15H16N2O2. The zero-order valence-corrected chi connectivity index (χ0v) is 11.0. The monoisotopic (exact) mass is 256 g/mol. The predicted molar refractivity (Wildman–Crippen MR) is 76.3 cm³/mol. The van der Waals surface area contributed by atoms with Crippen LogP contribution in [0.15, 0.2) is 48.5 Å². The fraction of sp³-hybridized carbons (Fsp3) is 0.200. The second-order valence-corrected chi connectivity index (χ2v) is 4.53. The Balaban J connectivity index is 2.18. The van der Waals surface area contributed by atoms with E-state index in [1.165, 1.54) is 11.6 Å². The van der Waals surface area contributed by atoms with Gasteiger partial charge in [-0.1, -0.05) is 30.3 Å². The molecule has 4 heteroatoms. The molecule has 0 aliphatic rings. The molecule has 2 aromatic carbocycles. The molecule has 0 bridgehead atoms. The van der Waals surface area contributed by atoms with Crippen LogP contribution in [-0.2, 0) is 0 Å². The van der Waals surface area contributed by atoms with Crippen molar-refractivity contribution in [3.8, 4) is 0 Å². The van der Waals surface area contributed by atoms with Gasteiger partial charge in [-0.05, 0) is 31.0 Å². The number of rotatable bonds is 4. The van der Waals surface area contributed by atoms with Crippen molar-refractivity contribution in [3.63, 3.8) is 0 Å². The van der Waals surface area contributed by atoms with Crippen LogP contribution in [0.25, 0.3) is 0 Å². The van der Waals surface area contributed by atoms with Crippen molar-refractivity contribution in [2.45, 2.75) is 19.9 Å². The van der Waals surface area contributed by atoms with Gasteiger partial charge in [-0.3, -0.25) is 10.1 Å². The Morgan fingerprint density at radius 3 is 2.42 bits per heavy atom. The van der Waals surface area contributed by atoms with E-state index in [2.05, 4.69) is 24.4 Å². The summed E-state index contributed by atoms with van der Waals surface area (Å²) in [5.41, 5.74) is 3.09. The zero-order chi connectivity index (χ0) is 13.8. The van der Waals surface area contributed by atoms with E-state index in [1.54, 1.807) is 12.1 Å². The van der Waals surface area contributed by atoms with E-state index in [9.17, 15) is 10.1 Å². The molecule has 1 N–H and O–H groups in total. The fourth-order valence-corrected chi connectivity index (χ4v) is 1.98. The van der Waals surface area contributed by atoms with Gasteiger partial charge in [0, 0.05) is 23.9 Å². The maximum Gasteiger partial charge on any atom is 0.269 e. The van der Waals surface area contributed by atoms with Crippen molar-refractivity contribution in [2.24, 2.45) is 0 Å². The third-order valence-corrected chi connectivity index (χ3v) is 3.09. The summed E-state index contributed by atoms with van der Waals surface area (Å²) < 4.78 is 0. The third kappa shape index (κ3) is 3.10. The molecule has 0 aliphatic carbocycles. The number of nitrogens with one attached hydrogen (secondary N) is 1. The van der Waals surface area contributed by atoms with Gasteiger partial charge >= 0.3 is 0 Å². The minimum Gasteiger partial charge on any atom is -0.378 e. The second kappa shape index (κ2) is 5.52. The first-order valence-electron chi connectivity index (χ1n) is 6.14. The van der Waals surface area contributed by atoms with Crippen LogP contribution in [0.3, 0.4) is 0 Å². The van der Waals surface area contributed by atoms with Crippen LogP contribution < -0.4 is 5.32 Å². The van der Waals surface area contributed by atoms with Crippen LogP contribution in [0.5, 0.6) is 0 Å². The summed E-state index contributed by atoms with van der Waals surface area (Å²) in [6, 6.07) is 15.1. The summed E-state index contributed by atoms with van der Waals surface area (Å²) in [4.78, 5) is 10.3. The molecule has 1 unspecified atom stereocenters. The van der Waals surface area contributed by atoms with Crippen molar-refractivity contribution in [3.05, 3.63) is 69.8 Å². The molecule has 0 heterocycles. The summed E-state index contributed by atoms with van der Waals surface area (Å²) in [6.45, 7) is 3.93. The smallest absolute Gasteiger partial charge is 0.269 e. The molecule has 19 heavy (non-hydrogen) atoms. The van der Waals surface area contributed by atoms with E-state index >= 15 is 0 Å². The molecule has 0 aliphatic heterocycles. The van der Waals surface area contributed by atoms with Gasteiger partial charge in [0.15, 0.2) is 0 Å². The van der Waals surface area contributed by atoms with Gasteiger partial charge in [0.2, 0.25) is 0 Å². The lowest BCUT2D eigenvalue weighted by molar-refractivity contribution is -0.384. The van der Waals surface area contributed by atoms with Gasteiger partial charge in [0.25, 0.3) is 5.69 Å². The maximum absolute atomic E-state index is 10.7. The number of nitro groups is 1. The van der Waals surface area contributed by atoms with E-state index in [1.807, 2.05) is 25.1 Å². The number of benzene rings is 2. The molecule has 98 valence electrons. The molecule has 2 aromatic rings. The fourth-order valence-electron chi connectivity index (χ4n) is 1.98. The Bertz CT molecular complexity index is 582. The van der Waals surface area contributed by atoms with E-state index in [0.717, 1.165) is 11.3 Å². The number of nitrogens with zero attached hydrogens (tertiary/aromatic N) is 1. The number of anilines is 1. The number of hydrogen-bond donors (Lipinski definition) is 1. The molecule has 0 aromatic heterocycles. The molecular weight excluding hydrogens is 240 g/mol. The lowest BCUT2D eigenvalue weighted by Gasteiger charge is -2.17. The molecule has 1 atom stereocenters. The van der Waals surface area contributed by atoms with Gasteiger partial charge in [-0.25, -0.2) is 0 Å². The van der Waals surface area contributed by atoms with Crippen LogP contribution in [-0.4, -0.2) is 4.92 Å². The molecule has 2 rings (SSSR count). The highest BCUT2D eigenvalue weighted by atomic mass is 16.6. The SMILES string of the molecule is Cc1cc([N+](=O)[O-])ccc1NC(C)c1ccccc1. The Kier molecular flexibility index (Phi) is 3.80. The van der Waals surface area contributed by atoms with Crippen molar-refractivity contribution in [1.82, 2.24) is 0 Å². The third-order valence-electron chi connectivity index (χ3n) is 3.09. The van der Waals surface area contributed by atoms with E-state index in [-0.39, 0.29) is 16.7 Å². The Morgan fingerprint density at radius 2 is 1.84 bits per heavy atom. The van der Waals surface area contributed by atoms with Gasteiger partial charge in [-0.15, -0.1) is 0 Å². The van der Waals surface area contributed by atoms with Crippen LogP contribution in [0.2, 0.25) is 0 Å². The van der Waals surface area contributed by atoms with Gasteiger partial charge in [-0.2, -0.15) is 0 Å². The predicted octanol–water partition coefficient (Wildman–Crippen LogP) is 4.08. The molecule has 0 radical (unpaired) electrons. The van der Waals surface area contributed by atoms with Crippen LogP contribution in [0.4, 0.5) is 11.4 Å². The first-order chi connectivity index (χ1) is 9.08. The average molecular weight is 256 g/mol. The van der Waals surface area contributed by atoms with Gasteiger partial charge < -0.3 is 5.32 Å². The quantitative estimate of drug-likeness (QED) is 0.662. The zero-order valence-electron chi connectivity index (χ0n) is 11.0. The van der Waals surface area contributed by atoms with Gasteiger partial charge in [0.1, 0.15) is 0 Å². The average Bonchev–Trinajstić information content (AvgIpc) is 2.41. The minimum atomic E-state index is -0.378. The summed E-state index contributed by atoms with van der Waals surface area (Å²) in [7, 11) is 0. The molecule has 0 saturated heterocycles. The highest BCUT2D eigenvalue weighted by molar-refractivity contribution is 5.56. The highest BCUT2D eigenvalue weighted by Gasteiger charge is 2.10. The first kappa shape index (κ1) is 13.1. The second-order valence-electron chi connectivity index (χ2n) is 4.53. The standard InChI is InChI=1S/C15H16N2O2/c1-11-10-14(17(18)19)8-9-15(11)16-12(2)13-6-4-3-5-7-13/h3-10,12,16H,1-2H3. The molecule has 0 spiro atoms. The lowest BCUT2D eigenvalue weighted by atomic mass is 10.1. The van der Waals surface area contributed by atoms with E-state index < -0.39 is 0 Å². The normalized spacial score (nSPS) is 11.9. The van der Waals surface area contributed by atoms with Crippen molar-refractivity contribution >= 4 is 11.4 Å². The number of aryl methyl sites for hydroxylation is 1. The Hall–Kier alpha value is -2.36. The van der Waals surface area contributed by atoms with Crippen molar-refractivity contribution in [2.75, 3.05) is 5.32 Å². The summed E-state index contributed by atoms with van der Waals surface area (Å²) in [6.07, 6.45) is 0. The topological polar surface area (TPSA) is 55.2 Å². The minimum absolute atomic E-state index is 0.121. The lowest BCUT2D eigenvalue weighted by Crippen LogP contribution is -2.07. The van der Waals surface area contributed by atoms with Crippen LogP contribution >= 0.6 is 0 Å². The van der Waals surface area contributed by atoms with E-state index in [0.29, 0.717) is 0 Å². The molecule has 0 amide bonds. The number of non-ortho nitro benzene ring substituents is 1. The maximum atomic E-state index is 10.7. The van der Waals surface area contributed by atoms with Gasteiger partial charge in [0.05, 0.1) is 4.92 Å². The summed E-state index contributed by atoms with van der Waals surface area (Å²) >= 11 is 0. The van der Waals surface area contributed by atoms with E-state index in [4.69, 9.17) is 0 Å². The van der Waals surface area contributed by atoms with Crippen molar-refractivity contribution in [1.29, 1.82) is 0 Å². The van der Waals surface area contributed by atoms with Crippen LogP contribution in [0.1, 0.15) is 24.1 Å². The number of nitro benzene ring substituents is 1. The molecule has 4 nitrogen and oxygen atoms in total. The van der Waals surface area contributed by atoms with Crippen molar-refractivity contribution < 1.29 is 4.92 Å². The molecule has 0 saturated carbocycles. The Labute approximate surface area is 112 Å². The molecule has 0 fully saturated rings. The first-order valence-corrected chi connectivity index (χ1v) is 6.14. The summed E-state index contributed by atoms with van der Waals surface area (Å²) in [5.74, 6) is 0. The highest BCUT2D eigenvalue weighted by Crippen LogP contribution is 2.25.